The number of esters is 1. The van der Waals surface area contributed by atoms with Gasteiger partial charge in [-0.15, -0.1) is 11.3 Å². The summed E-state index contributed by atoms with van der Waals surface area (Å²) >= 11 is 1.17. The standard InChI is InChI=1S/C19H15N3O5S/c1-10-9-28-16(21-10)14(7-20)15(23)8-27-19(26)11(2)22-17(24)12-5-3-4-6-13(12)18(22)25/h3-6,9,11,14H,8H2,1-2H3/t11-,14-/m1/s1. The second kappa shape index (κ2) is 7.70. The molecule has 0 radical (unpaired) electrons. The first-order valence-corrected chi connectivity index (χ1v) is 9.21. The fraction of sp³-hybridized carbons (Fsp3) is 0.263. The number of aromatic nitrogens is 1. The summed E-state index contributed by atoms with van der Waals surface area (Å²) in [7, 11) is 0. The van der Waals surface area contributed by atoms with Crippen molar-refractivity contribution in [2.24, 2.45) is 0 Å². The van der Waals surface area contributed by atoms with Crippen LogP contribution in [0.3, 0.4) is 0 Å². The Balaban J connectivity index is 1.65. The van der Waals surface area contributed by atoms with Gasteiger partial charge in [0.25, 0.3) is 11.8 Å². The number of aryl methyl sites for hydroxylation is 1. The van der Waals surface area contributed by atoms with E-state index in [4.69, 9.17) is 4.74 Å². The van der Waals surface area contributed by atoms with Crippen molar-refractivity contribution in [2.75, 3.05) is 6.61 Å². The Labute approximate surface area is 164 Å². The van der Waals surface area contributed by atoms with Crippen LogP contribution in [-0.4, -0.2) is 46.1 Å². The molecule has 0 saturated heterocycles. The summed E-state index contributed by atoms with van der Waals surface area (Å²) < 4.78 is 4.98. The van der Waals surface area contributed by atoms with Crippen LogP contribution in [0.2, 0.25) is 0 Å². The minimum atomic E-state index is -1.21. The second-order valence-corrected chi connectivity index (χ2v) is 7.05. The van der Waals surface area contributed by atoms with Crippen LogP contribution in [0, 0.1) is 18.3 Å². The highest BCUT2D eigenvalue weighted by molar-refractivity contribution is 7.09. The smallest absolute Gasteiger partial charge is 0.329 e. The lowest BCUT2D eigenvalue weighted by Crippen LogP contribution is -2.44. The van der Waals surface area contributed by atoms with E-state index in [1.807, 2.05) is 6.07 Å². The van der Waals surface area contributed by atoms with Gasteiger partial charge in [0.1, 0.15) is 11.0 Å². The van der Waals surface area contributed by atoms with E-state index < -0.39 is 42.1 Å². The number of fused-ring (bicyclic) bond motifs is 1. The molecule has 1 aliphatic rings. The molecule has 2 amide bonds. The number of nitriles is 1. The van der Waals surface area contributed by atoms with Crippen molar-refractivity contribution in [3.8, 4) is 6.07 Å². The predicted octanol–water partition coefficient (Wildman–Crippen LogP) is 1.86. The highest BCUT2D eigenvalue weighted by Gasteiger charge is 2.41. The van der Waals surface area contributed by atoms with Crippen LogP contribution in [0.4, 0.5) is 0 Å². The molecule has 3 rings (SSSR count). The zero-order valence-electron chi connectivity index (χ0n) is 15.0. The molecule has 9 heteroatoms. The molecule has 1 aromatic heterocycles. The maximum absolute atomic E-state index is 12.4. The van der Waals surface area contributed by atoms with Crippen LogP contribution in [0.25, 0.3) is 0 Å². The fourth-order valence-electron chi connectivity index (χ4n) is 2.78. The predicted molar refractivity (Wildman–Crippen MR) is 97.6 cm³/mol. The number of ketones is 1. The lowest BCUT2D eigenvalue weighted by Gasteiger charge is -2.20. The first-order valence-electron chi connectivity index (χ1n) is 8.33. The molecule has 2 aromatic rings. The van der Waals surface area contributed by atoms with Crippen molar-refractivity contribution in [1.29, 1.82) is 5.26 Å². The van der Waals surface area contributed by atoms with Crippen LogP contribution in [0.15, 0.2) is 29.6 Å². The summed E-state index contributed by atoms with van der Waals surface area (Å²) in [6.45, 7) is 2.44. The van der Waals surface area contributed by atoms with Crippen molar-refractivity contribution in [3.63, 3.8) is 0 Å². The quantitative estimate of drug-likeness (QED) is 0.539. The number of hydrogen-bond acceptors (Lipinski definition) is 8. The molecule has 8 nitrogen and oxygen atoms in total. The van der Waals surface area contributed by atoms with Crippen LogP contribution >= 0.6 is 11.3 Å². The number of benzene rings is 1. The van der Waals surface area contributed by atoms with E-state index in [0.29, 0.717) is 10.7 Å². The molecular formula is C19H15N3O5S. The molecule has 1 aromatic carbocycles. The number of carbonyl (C=O) groups is 4. The second-order valence-electron chi connectivity index (χ2n) is 6.17. The fourth-order valence-corrected chi connectivity index (χ4v) is 3.64. The molecule has 1 aliphatic heterocycles. The Morgan fingerprint density at radius 2 is 1.86 bits per heavy atom. The number of thiazole rings is 1. The SMILES string of the molecule is Cc1csc([C@H](C#N)C(=O)COC(=O)[C@@H](C)N2C(=O)c3ccccc3C2=O)n1. The monoisotopic (exact) mass is 397 g/mol. The van der Waals surface area contributed by atoms with Gasteiger partial charge in [-0.3, -0.25) is 19.3 Å². The Hall–Kier alpha value is -3.38. The van der Waals surface area contributed by atoms with Crippen LogP contribution < -0.4 is 0 Å². The maximum Gasteiger partial charge on any atom is 0.329 e. The van der Waals surface area contributed by atoms with Crippen molar-refractivity contribution < 1.29 is 23.9 Å². The topological polar surface area (TPSA) is 117 Å². The molecular weight excluding hydrogens is 382 g/mol. The highest BCUT2D eigenvalue weighted by atomic mass is 32.1. The average molecular weight is 397 g/mol. The summed E-state index contributed by atoms with van der Waals surface area (Å²) in [5.74, 6) is -3.86. The number of hydrogen-bond donors (Lipinski definition) is 0. The molecule has 0 bridgehead atoms. The van der Waals surface area contributed by atoms with Gasteiger partial charge in [-0.25, -0.2) is 9.78 Å². The van der Waals surface area contributed by atoms with Gasteiger partial charge in [0.05, 0.1) is 17.2 Å². The van der Waals surface area contributed by atoms with E-state index in [2.05, 4.69) is 4.98 Å². The third-order valence-corrected chi connectivity index (χ3v) is 5.27. The normalized spacial score (nSPS) is 15.0. The largest absolute Gasteiger partial charge is 0.456 e. The van der Waals surface area contributed by atoms with Gasteiger partial charge < -0.3 is 4.74 Å². The number of amides is 2. The van der Waals surface area contributed by atoms with E-state index in [1.165, 1.54) is 30.4 Å². The number of ether oxygens (including phenoxy) is 1. The van der Waals surface area contributed by atoms with Crippen molar-refractivity contribution in [2.45, 2.75) is 25.8 Å². The van der Waals surface area contributed by atoms with Gasteiger partial charge in [-0.1, -0.05) is 12.1 Å². The molecule has 2 heterocycles. The van der Waals surface area contributed by atoms with E-state index in [1.54, 1.807) is 24.4 Å². The lowest BCUT2D eigenvalue weighted by molar-refractivity contribution is -0.151. The summed E-state index contributed by atoms with van der Waals surface area (Å²) in [5.41, 5.74) is 1.11. The third-order valence-electron chi connectivity index (χ3n) is 4.25. The third kappa shape index (κ3) is 3.42. The highest BCUT2D eigenvalue weighted by Crippen LogP contribution is 2.25. The van der Waals surface area contributed by atoms with Crippen molar-refractivity contribution >= 4 is 34.9 Å². The number of rotatable bonds is 6. The summed E-state index contributed by atoms with van der Waals surface area (Å²) in [6.07, 6.45) is 0. The zero-order valence-corrected chi connectivity index (χ0v) is 15.9. The number of Topliss-reactive ketones (excluding diaryl/α,β-unsaturated/α-hetero) is 1. The van der Waals surface area contributed by atoms with Crippen LogP contribution in [-0.2, 0) is 14.3 Å². The molecule has 0 unspecified atom stereocenters. The van der Waals surface area contributed by atoms with Gasteiger partial charge in [-0.2, -0.15) is 5.26 Å². The van der Waals surface area contributed by atoms with E-state index in [9.17, 15) is 24.4 Å². The van der Waals surface area contributed by atoms with Gasteiger partial charge >= 0.3 is 5.97 Å². The Kier molecular flexibility index (Phi) is 5.33. The van der Waals surface area contributed by atoms with Crippen LogP contribution in [0.1, 0.15) is 44.3 Å². The Morgan fingerprint density at radius 1 is 1.25 bits per heavy atom. The number of carbonyl (C=O) groups excluding carboxylic acids is 4. The maximum atomic E-state index is 12.4. The molecule has 0 N–H and O–H groups in total. The first kappa shape index (κ1) is 19.4. The molecule has 0 spiro atoms. The Morgan fingerprint density at radius 3 is 2.36 bits per heavy atom. The minimum Gasteiger partial charge on any atom is -0.456 e. The molecule has 0 fully saturated rings. The molecule has 142 valence electrons. The minimum absolute atomic E-state index is 0.215. The van der Waals surface area contributed by atoms with Gasteiger partial charge in [-0.05, 0) is 26.0 Å². The van der Waals surface area contributed by atoms with Crippen LogP contribution in [0.5, 0.6) is 0 Å². The van der Waals surface area contributed by atoms with Gasteiger partial charge in [0, 0.05) is 11.1 Å². The first-order chi connectivity index (χ1) is 13.3. The molecule has 28 heavy (non-hydrogen) atoms. The summed E-state index contributed by atoms with van der Waals surface area (Å²) in [4.78, 5) is 54.3. The zero-order chi connectivity index (χ0) is 20.4. The van der Waals surface area contributed by atoms with E-state index in [-0.39, 0.29) is 11.1 Å². The van der Waals surface area contributed by atoms with Gasteiger partial charge in [0.15, 0.2) is 18.3 Å². The van der Waals surface area contributed by atoms with Crippen molar-refractivity contribution in [3.05, 3.63) is 51.5 Å². The molecule has 2 atom stereocenters. The van der Waals surface area contributed by atoms with E-state index in [0.717, 1.165) is 4.90 Å². The molecule has 0 saturated carbocycles. The summed E-state index contributed by atoms with van der Waals surface area (Å²) in [5, 5.41) is 11.3. The average Bonchev–Trinajstić information content (AvgIpc) is 3.22. The molecule has 0 aliphatic carbocycles. The number of imide groups is 1. The summed E-state index contributed by atoms with van der Waals surface area (Å²) in [6, 6.07) is 6.90. The lowest BCUT2D eigenvalue weighted by atomic mass is 10.1. The van der Waals surface area contributed by atoms with E-state index >= 15 is 0 Å². The Bertz CT molecular complexity index is 988. The number of nitrogens with zero attached hydrogens (tertiary/aromatic N) is 3. The van der Waals surface area contributed by atoms with Crippen molar-refractivity contribution in [1.82, 2.24) is 9.88 Å². The van der Waals surface area contributed by atoms with Gasteiger partial charge in [0.2, 0.25) is 0 Å².